The normalized spacial score (nSPS) is 12.1. The molecule has 3 N–H and O–H groups in total. The van der Waals surface area contributed by atoms with Gasteiger partial charge in [-0.05, 0) is 11.6 Å². The summed E-state index contributed by atoms with van der Waals surface area (Å²) in [6.07, 6.45) is 2.52. The lowest BCUT2D eigenvalue weighted by molar-refractivity contribution is -0.114. The Labute approximate surface area is 82.1 Å². The predicted octanol–water partition coefficient (Wildman–Crippen LogP) is 0.547. The van der Waals surface area contributed by atoms with Crippen LogP contribution >= 0.6 is 0 Å². The molecular weight excluding hydrogens is 180 g/mol. The molecule has 0 radical (unpaired) electrons. The van der Waals surface area contributed by atoms with E-state index in [4.69, 9.17) is 5.73 Å². The summed E-state index contributed by atoms with van der Waals surface area (Å²) in [5.74, 6) is -0.590. The third-order valence-electron chi connectivity index (χ3n) is 1.86. The van der Waals surface area contributed by atoms with E-state index in [2.05, 4.69) is 11.6 Å². The highest BCUT2D eigenvalue weighted by Crippen LogP contribution is 2.18. The minimum atomic E-state index is -0.774. The SMILES string of the molecule is C=C(C[C@H](O)c1cccnc1)C(N)=O. The van der Waals surface area contributed by atoms with E-state index in [-0.39, 0.29) is 12.0 Å². The van der Waals surface area contributed by atoms with Gasteiger partial charge in [0.15, 0.2) is 0 Å². The monoisotopic (exact) mass is 192 g/mol. The summed E-state index contributed by atoms with van der Waals surface area (Å²) in [6, 6.07) is 3.44. The third-order valence-corrected chi connectivity index (χ3v) is 1.86. The zero-order valence-corrected chi connectivity index (χ0v) is 7.68. The van der Waals surface area contributed by atoms with Crippen LogP contribution in [0.4, 0.5) is 0 Å². The van der Waals surface area contributed by atoms with Gasteiger partial charge in [-0.1, -0.05) is 12.6 Å². The Hall–Kier alpha value is -1.68. The van der Waals surface area contributed by atoms with Crippen molar-refractivity contribution in [1.29, 1.82) is 0 Å². The van der Waals surface area contributed by atoms with Gasteiger partial charge in [0.25, 0.3) is 0 Å². The standard InChI is InChI=1S/C10H12N2O2/c1-7(10(11)14)5-9(13)8-3-2-4-12-6-8/h2-4,6,9,13H,1,5H2,(H2,11,14)/t9-/m0/s1. The average molecular weight is 192 g/mol. The molecule has 1 aromatic heterocycles. The number of aliphatic hydroxyl groups is 1. The third kappa shape index (κ3) is 2.67. The van der Waals surface area contributed by atoms with E-state index in [1.54, 1.807) is 24.5 Å². The molecule has 14 heavy (non-hydrogen) atoms. The Morgan fingerprint density at radius 1 is 1.71 bits per heavy atom. The zero-order chi connectivity index (χ0) is 10.6. The number of amides is 1. The van der Waals surface area contributed by atoms with Gasteiger partial charge in [-0.25, -0.2) is 0 Å². The molecule has 1 rings (SSSR count). The van der Waals surface area contributed by atoms with Gasteiger partial charge in [0.2, 0.25) is 5.91 Å². The summed E-state index contributed by atoms with van der Waals surface area (Å²) < 4.78 is 0. The van der Waals surface area contributed by atoms with Crippen LogP contribution in [0, 0.1) is 0 Å². The van der Waals surface area contributed by atoms with Crippen LogP contribution in [0.25, 0.3) is 0 Å². The van der Waals surface area contributed by atoms with Crippen molar-refractivity contribution in [3.05, 3.63) is 42.2 Å². The lowest BCUT2D eigenvalue weighted by Crippen LogP contribution is -2.15. The van der Waals surface area contributed by atoms with Gasteiger partial charge in [0.1, 0.15) is 0 Å². The molecular formula is C10H12N2O2. The molecule has 0 aliphatic heterocycles. The molecule has 0 aliphatic rings. The maximum absolute atomic E-state index is 10.7. The van der Waals surface area contributed by atoms with Crippen molar-refractivity contribution in [2.45, 2.75) is 12.5 Å². The lowest BCUT2D eigenvalue weighted by Gasteiger charge is -2.09. The Balaban J connectivity index is 2.64. The number of pyridine rings is 1. The summed E-state index contributed by atoms with van der Waals surface area (Å²) in [4.78, 5) is 14.5. The highest BCUT2D eigenvalue weighted by atomic mass is 16.3. The van der Waals surface area contributed by atoms with Crippen molar-refractivity contribution in [3.63, 3.8) is 0 Å². The Kier molecular flexibility index (Phi) is 3.36. The molecule has 0 unspecified atom stereocenters. The van der Waals surface area contributed by atoms with Crippen molar-refractivity contribution in [3.8, 4) is 0 Å². The Bertz CT molecular complexity index is 335. The maximum Gasteiger partial charge on any atom is 0.244 e. The quantitative estimate of drug-likeness (QED) is 0.684. The summed E-state index contributed by atoms with van der Waals surface area (Å²) in [7, 11) is 0. The zero-order valence-electron chi connectivity index (χ0n) is 7.68. The van der Waals surface area contributed by atoms with E-state index in [1.165, 1.54) is 0 Å². The molecule has 0 bridgehead atoms. The molecule has 0 aromatic carbocycles. The van der Waals surface area contributed by atoms with Gasteiger partial charge in [-0.15, -0.1) is 0 Å². The second kappa shape index (κ2) is 4.53. The Morgan fingerprint density at radius 2 is 2.43 bits per heavy atom. The van der Waals surface area contributed by atoms with E-state index in [9.17, 15) is 9.90 Å². The molecule has 74 valence electrons. The molecule has 0 fully saturated rings. The fraction of sp³-hybridized carbons (Fsp3) is 0.200. The molecule has 4 nitrogen and oxygen atoms in total. The summed E-state index contributed by atoms with van der Waals surface area (Å²) >= 11 is 0. The fourth-order valence-corrected chi connectivity index (χ4v) is 1.02. The smallest absolute Gasteiger partial charge is 0.244 e. The second-order valence-corrected chi connectivity index (χ2v) is 2.97. The second-order valence-electron chi connectivity index (χ2n) is 2.97. The van der Waals surface area contributed by atoms with Crippen LogP contribution < -0.4 is 5.73 Å². The van der Waals surface area contributed by atoms with Crippen molar-refractivity contribution in [2.75, 3.05) is 0 Å². The van der Waals surface area contributed by atoms with E-state index in [0.29, 0.717) is 5.56 Å². The molecule has 0 saturated heterocycles. The van der Waals surface area contributed by atoms with Crippen LogP contribution in [0.1, 0.15) is 18.1 Å². The number of aliphatic hydroxyl groups excluding tert-OH is 1. The number of carbonyl (C=O) groups is 1. The van der Waals surface area contributed by atoms with E-state index < -0.39 is 12.0 Å². The van der Waals surface area contributed by atoms with Crippen molar-refractivity contribution >= 4 is 5.91 Å². The van der Waals surface area contributed by atoms with Crippen LogP contribution in [0.5, 0.6) is 0 Å². The first kappa shape index (κ1) is 10.4. The minimum Gasteiger partial charge on any atom is -0.388 e. The molecule has 1 aromatic rings. The molecule has 0 spiro atoms. The number of aromatic nitrogens is 1. The van der Waals surface area contributed by atoms with Crippen molar-refractivity contribution in [1.82, 2.24) is 4.98 Å². The predicted molar refractivity (Wildman–Crippen MR) is 52.1 cm³/mol. The van der Waals surface area contributed by atoms with E-state index in [1.807, 2.05) is 0 Å². The molecule has 1 heterocycles. The number of nitrogens with zero attached hydrogens (tertiary/aromatic N) is 1. The van der Waals surface area contributed by atoms with Crippen LogP contribution in [0.3, 0.4) is 0 Å². The fourth-order valence-electron chi connectivity index (χ4n) is 1.02. The number of primary amides is 1. The summed E-state index contributed by atoms with van der Waals surface area (Å²) in [6.45, 7) is 3.46. The maximum atomic E-state index is 10.7. The van der Waals surface area contributed by atoms with Gasteiger partial charge < -0.3 is 10.8 Å². The van der Waals surface area contributed by atoms with Crippen LogP contribution in [0.15, 0.2) is 36.7 Å². The molecule has 1 amide bonds. The molecule has 0 aliphatic carbocycles. The largest absolute Gasteiger partial charge is 0.388 e. The highest BCUT2D eigenvalue weighted by molar-refractivity contribution is 5.91. The summed E-state index contributed by atoms with van der Waals surface area (Å²) in [5.41, 5.74) is 5.85. The van der Waals surface area contributed by atoms with Crippen LogP contribution in [-0.2, 0) is 4.79 Å². The molecule has 1 atom stereocenters. The van der Waals surface area contributed by atoms with Crippen LogP contribution in [-0.4, -0.2) is 16.0 Å². The summed E-state index contributed by atoms with van der Waals surface area (Å²) in [5, 5.41) is 9.63. The first-order valence-electron chi connectivity index (χ1n) is 4.17. The average Bonchev–Trinajstić information content (AvgIpc) is 2.19. The number of rotatable bonds is 4. The van der Waals surface area contributed by atoms with Gasteiger partial charge in [-0.2, -0.15) is 0 Å². The molecule has 4 heteroatoms. The van der Waals surface area contributed by atoms with Gasteiger partial charge in [-0.3, -0.25) is 9.78 Å². The Morgan fingerprint density at radius 3 is 2.93 bits per heavy atom. The van der Waals surface area contributed by atoms with E-state index >= 15 is 0 Å². The number of hydrogen-bond acceptors (Lipinski definition) is 3. The van der Waals surface area contributed by atoms with Gasteiger partial charge in [0.05, 0.1) is 6.10 Å². The minimum absolute atomic E-state index is 0.140. The first-order valence-corrected chi connectivity index (χ1v) is 4.17. The van der Waals surface area contributed by atoms with Gasteiger partial charge in [0, 0.05) is 24.4 Å². The first-order chi connectivity index (χ1) is 6.61. The highest BCUT2D eigenvalue weighted by Gasteiger charge is 2.11. The van der Waals surface area contributed by atoms with Crippen molar-refractivity contribution < 1.29 is 9.90 Å². The number of hydrogen-bond donors (Lipinski definition) is 2. The van der Waals surface area contributed by atoms with Crippen LogP contribution in [0.2, 0.25) is 0 Å². The van der Waals surface area contributed by atoms with Gasteiger partial charge >= 0.3 is 0 Å². The number of nitrogens with two attached hydrogens (primary N) is 1. The van der Waals surface area contributed by atoms with Crippen molar-refractivity contribution in [2.24, 2.45) is 5.73 Å². The lowest BCUT2D eigenvalue weighted by atomic mass is 10.0. The number of carbonyl (C=O) groups excluding carboxylic acids is 1. The van der Waals surface area contributed by atoms with E-state index in [0.717, 1.165) is 0 Å². The molecule has 0 saturated carbocycles. The topological polar surface area (TPSA) is 76.2 Å².